The van der Waals surface area contributed by atoms with E-state index in [1.54, 1.807) is 29.2 Å². The number of thiophene rings is 1. The van der Waals surface area contributed by atoms with Crippen molar-refractivity contribution < 1.29 is 14.4 Å². The van der Waals surface area contributed by atoms with Crippen LogP contribution in [0.5, 0.6) is 0 Å². The van der Waals surface area contributed by atoms with Crippen molar-refractivity contribution >= 4 is 45.7 Å². The van der Waals surface area contributed by atoms with Gasteiger partial charge in [-0.15, -0.1) is 11.3 Å². The Kier molecular flexibility index (Phi) is 6.60. The molecular formula is C22H25ClN4O3S. The lowest BCUT2D eigenvalue weighted by molar-refractivity contribution is -0.117. The number of nitrogens with two attached hydrogens (primary N) is 1. The zero-order valence-corrected chi connectivity index (χ0v) is 18.7. The number of benzene rings is 1. The first-order valence-electron chi connectivity index (χ1n) is 10.4. The Morgan fingerprint density at radius 1 is 1.06 bits per heavy atom. The number of hydrogen-bond acceptors (Lipinski definition) is 5. The summed E-state index contributed by atoms with van der Waals surface area (Å²) in [7, 11) is 0. The van der Waals surface area contributed by atoms with E-state index in [9.17, 15) is 14.4 Å². The maximum absolute atomic E-state index is 12.8. The maximum atomic E-state index is 12.8. The number of rotatable bonds is 5. The quantitative estimate of drug-likeness (QED) is 0.717. The molecule has 4 rings (SSSR count). The fourth-order valence-electron chi connectivity index (χ4n) is 4.26. The molecule has 1 aromatic heterocycles. The van der Waals surface area contributed by atoms with E-state index in [2.05, 4.69) is 5.32 Å². The van der Waals surface area contributed by atoms with Gasteiger partial charge in [0, 0.05) is 31.1 Å². The number of halogens is 1. The van der Waals surface area contributed by atoms with Gasteiger partial charge in [-0.1, -0.05) is 23.7 Å². The molecular weight excluding hydrogens is 436 g/mol. The Hall–Kier alpha value is -2.42. The van der Waals surface area contributed by atoms with Crippen LogP contribution in [0.4, 0.5) is 5.00 Å². The van der Waals surface area contributed by atoms with Crippen molar-refractivity contribution in [3.05, 3.63) is 50.9 Å². The summed E-state index contributed by atoms with van der Waals surface area (Å²) in [5, 5.41) is 3.90. The van der Waals surface area contributed by atoms with Gasteiger partial charge in [-0.25, -0.2) is 0 Å². The molecule has 31 heavy (non-hydrogen) atoms. The van der Waals surface area contributed by atoms with Crippen molar-refractivity contribution in [1.82, 2.24) is 9.80 Å². The predicted molar refractivity (Wildman–Crippen MR) is 122 cm³/mol. The first-order chi connectivity index (χ1) is 14.9. The summed E-state index contributed by atoms with van der Waals surface area (Å²) in [4.78, 5) is 42.4. The van der Waals surface area contributed by atoms with Gasteiger partial charge in [0.1, 0.15) is 5.00 Å². The van der Waals surface area contributed by atoms with Gasteiger partial charge in [0.05, 0.1) is 22.7 Å². The van der Waals surface area contributed by atoms with Crippen LogP contribution in [0.15, 0.2) is 24.3 Å². The van der Waals surface area contributed by atoms with Gasteiger partial charge in [-0.3, -0.25) is 19.3 Å². The van der Waals surface area contributed by atoms with E-state index in [1.165, 1.54) is 11.3 Å². The Morgan fingerprint density at radius 3 is 2.65 bits per heavy atom. The molecule has 0 unspecified atom stereocenters. The molecule has 1 aromatic carbocycles. The number of nitrogens with one attached hydrogen (secondary N) is 1. The third kappa shape index (κ3) is 4.76. The van der Waals surface area contributed by atoms with E-state index in [-0.39, 0.29) is 18.4 Å². The minimum atomic E-state index is -0.488. The predicted octanol–water partition coefficient (Wildman–Crippen LogP) is 2.78. The summed E-state index contributed by atoms with van der Waals surface area (Å²) in [6.45, 7) is 2.65. The maximum Gasteiger partial charge on any atom is 0.255 e. The number of hydrogen-bond donors (Lipinski definition) is 2. The van der Waals surface area contributed by atoms with E-state index in [4.69, 9.17) is 17.3 Å². The minimum Gasteiger partial charge on any atom is -0.365 e. The molecule has 1 saturated heterocycles. The average Bonchev–Trinajstić information content (AvgIpc) is 3.21. The van der Waals surface area contributed by atoms with Gasteiger partial charge >= 0.3 is 0 Å². The Morgan fingerprint density at radius 2 is 1.87 bits per heavy atom. The Labute approximate surface area is 190 Å². The second-order valence-corrected chi connectivity index (χ2v) is 9.39. The van der Waals surface area contributed by atoms with Gasteiger partial charge in [-0.2, -0.15) is 0 Å². The zero-order chi connectivity index (χ0) is 22.0. The zero-order valence-electron chi connectivity index (χ0n) is 17.2. The molecule has 0 atom stereocenters. The molecule has 2 heterocycles. The summed E-state index contributed by atoms with van der Waals surface area (Å²) in [6.07, 6.45) is 3.55. The number of amides is 3. The lowest BCUT2D eigenvalue weighted by Gasteiger charge is -2.22. The van der Waals surface area contributed by atoms with Crippen molar-refractivity contribution in [2.24, 2.45) is 5.73 Å². The van der Waals surface area contributed by atoms with E-state index in [0.29, 0.717) is 47.3 Å². The number of anilines is 1. The highest BCUT2D eigenvalue weighted by Gasteiger charge is 2.27. The highest BCUT2D eigenvalue weighted by Crippen LogP contribution is 2.38. The molecule has 1 aliphatic carbocycles. The minimum absolute atomic E-state index is 0.0869. The van der Waals surface area contributed by atoms with Crippen molar-refractivity contribution in [1.29, 1.82) is 0 Å². The molecule has 9 heteroatoms. The van der Waals surface area contributed by atoms with Crippen LogP contribution >= 0.6 is 22.9 Å². The van der Waals surface area contributed by atoms with Gasteiger partial charge in [-0.05, 0) is 43.4 Å². The second kappa shape index (κ2) is 9.38. The molecule has 7 nitrogen and oxygen atoms in total. The van der Waals surface area contributed by atoms with Gasteiger partial charge in [0.15, 0.2) is 0 Å². The lowest BCUT2D eigenvalue weighted by atomic mass is 10.1. The molecule has 1 fully saturated rings. The van der Waals surface area contributed by atoms with Crippen LogP contribution in [0, 0.1) is 0 Å². The highest BCUT2D eigenvalue weighted by atomic mass is 35.5. The first-order valence-corrected chi connectivity index (χ1v) is 11.6. The largest absolute Gasteiger partial charge is 0.365 e. The number of carbonyl (C=O) groups is 3. The molecule has 0 spiro atoms. The molecule has 1 aliphatic heterocycles. The molecule has 0 bridgehead atoms. The van der Waals surface area contributed by atoms with E-state index >= 15 is 0 Å². The molecule has 0 radical (unpaired) electrons. The number of carbonyl (C=O) groups excluding carboxylic acids is 3. The van der Waals surface area contributed by atoms with Gasteiger partial charge < -0.3 is 16.0 Å². The fourth-order valence-corrected chi connectivity index (χ4v) is 5.79. The summed E-state index contributed by atoms with van der Waals surface area (Å²) in [6, 6.07) is 7.04. The molecule has 2 aromatic rings. The normalized spacial score (nSPS) is 16.6. The number of nitrogens with zero attached hydrogens (tertiary/aromatic N) is 2. The van der Waals surface area contributed by atoms with Gasteiger partial charge in [0.25, 0.3) is 11.8 Å². The monoisotopic (exact) mass is 460 g/mol. The smallest absolute Gasteiger partial charge is 0.255 e. The topological polar surface area (TPSA) is 95.7 Å². The van der Waals surface area contributed by atoms with Crippen LogP contribution in [0.3, 0.4) is 0 Å². The summed E-state index contributed by atoms with van der Waals surface area (Å²) in [5.74, 6) is -0.748. The van der Waals surface area contributed by atoms with E-state index in [1.807, 2.05) is 4.90 Å². The van der Waals surface area contributed by atoms with Crippen molar-refractivity contribution in [2.75, 3.05) is 38.0 Å². The number of primary amides is 1. The summed E-state index contributed by atoms with van der Waals surface area (Å²) in [5.41, 5.74) is 7.54. The van der Waals surface area contributed by atoms with Crippen LogP contribution < -0.4 is 11.1 Å². The fraction of sp³-hybridized carbons (Fsp3) is 0.409. The van der Waals surface area contributed by atoms with E-state index in [0.717, 1.165) is 36.1 Å². The van der Waals surface area contributed by atoms with Crippen LogP contribution in [0.2, 0.25) is 5.02 Å². The van der Waals surface area contributed by atoms with Gasteiger partial charge in [0.2, 0.25) is 5.91 Å². The molecule has 3 N–H and O–H groups in total. The Balaban J connectivity index is 1.36. The van der Waals surface area contributed by atoms with Crippen molar-refractivity contribution in [2.45, 2.75) is 25.7 Å². The number of aryl methyl sites for hydroxylation is 1. The molecule has 3 amide bonds. The average molecular weight is 461 g/mol. The SMILES string of the molecule is NC(=O)c1c(NC(=O)CN2CCCN(C(=O)c3ccccc3Cl)CC2)sc2c1CCC2. The summed E-state index contributed by atoms with van der Waals surface area (Å²) >= 11 is 7.63. The van der Waals surface area contributed by atoms with Crippen molar-refractivity contribution in [3.8, 4) is 0 Å². The van der Waals surface area contributed by atoms with Crippen LogP contribution in [0.25, 0.3) is 0 Å². The Bertz CT molecular complexity index is 1020. The second-order valence-electron chi connectivity index (χ2n) is 7.88. The van der Waals surface area contributed by atoms with Crippen LogP contribution in [-0.2, 0) is 17.6 Å². The van der Waals surface area contributed by atoms with E-state index < -0.39 is 5.91 Å². The third-order valence-corrected chi connectivity index (χ3v) is 7.30. The highest BCUT2D eigenvalue weighted by molar-refractivity contribution is 7.17. The van der Waals surface area contributed by atoms with Crippen LogP contribution in [-0.4, -0.2) is 60.2 Å². The standard InChI is InChI=1S/C22H25ClN4O3S/c23-16-7-2-1-5-14(16)22(30)27-10-4-9-26(11-12-27)13-18(28)25-21-19(20(24)29)15-6-3-8-17(15)31-21/h1-2,5,7H,3-4,6,8-13H2,(H2,24,29)(H,25,28). The molecule has 2 aliphatic rings. The molecule has 164 valence electrons. The lowest BCUT2D eigenvalue weighted by Crippen LogP contribution is -2.38. The number of fused-ring (bicyclic) bond motifs is 1. The summed E-state index contributed by atoms with van der Waals surface area (Å²) < 4.78 is 0. The molecule has 0 saturated carbocycles. The third-order valence-electron chi connectivity index (χ3n) is 5.77. The first kappa shape index (κ1) is 21.8. The van der Waals surface area contributed by atoms with Crippen molar-refractivity contribution in [3.63, 3.8) is 0 Å². The van der Waals surface area contributed by atoms with Crippen LogP contribution in [0.1, 0.15) is 44.0 Å².